The molecule has 0 radical (unpaired) electrons. The Morgan fingerprint density at radius 2 is 0.622 bits per heavy atom. The molecule has 16 aromatic rings. The molecule has 682 valence electrons. The van der Waals surface area contributed by atoms with E-state index in [0.29, 0.717) is 80.3 Å². The van der Waals surface area contributed by atoms with Gasteiger partial charge in [0.1, 0.15) is 17.1 Å². The lowest BCUT2D eigenvalue weighted by molar-refractivity contribution is -0.138. The number of benzene rings is 4. The molecule has 0 saturated heterocycles. The molecule has 0 atom stereocenters. The SMILES string of the molecule is CCc1cnccc1-c1nc(N/N=C/c2ccc(Nc3cccc(C(F)(F)F)c3)cn2)ncc1F.Cc1cc(-c2ccncc2)nc(N/N=C/c2ccc(Nc3cccc(C(F)(F)F)c3)cn2)n1.Cc1cnccc1-c1nc(N/N=C/c2ccc(Nc3cccc(C(F)(F)F)c3)cn2)ncc1F.Fc1cnc(N/N=C/c2ccc(Nc3cccc(C(F)(F)F)c3)cn2)nc1-c1ccncc1. The van der Waals surface area contributed by atoms with Crippen LogP contribution < -0.4 is 43.0 Å². The van der Waals surface area contributed by atoms with Gasteiger partial charge in [-0.1, -0.05) is 31.2 Å². The minimum absolute atomic E-state index is 0.0855. The summed E-state index contributed by atoms with van der Waals surface area (Å²) in [6.45, 7) is 5.60. The number of pyridine rings is 8. The smallest absolute Gasteiger partial charge is 0.354 e. The van der Waals surface area contributed by atoms with Gasteiger partial charge in [0.15, 0.2) is 17.5 Å². The summed E-state index contributed by atoms with van der Waals surface area (Å²) in [6.07, 6.45) is 10.6. The van der Waals surface area contributed by atoms with E-state index < -0.39 is 64.4 Å². The summed E-state index contributed by atoms with van der Waals surface area (Å²) in [7, 11) is 0. The maximum Gasteiger partial charge on any atom is 0.416 e. The molecule has 0 unspecified atom stereocenters. The molecule has 12 heterocycles. The van der Waals surface area contributed by atoms with Crippen LogP contribution in [0.4, 0.5) is 135 Å². The van der Waals surface area contributed by atoms with Crippen LogP contribution in [0.3, 0.4) is 0 Å². The highest BCUT2D eigenvalue weighted by atomic mass is 19.4. The van der Waals surface area contributed by atoms with Crippen molar-refractivity contribution in [3.63, 3.8) is 0 Å². The van der Waals surface area contributed by atoms with Crippen molar-refractivity contribution in [1.29, 1.82) is 0 Å². The van der Waals surface area contributed by atoms with E-state index in [0.717, 1.165) is 95.2 Å². The number of aromatic nitrogens is 16. The summed E-state index contributed by atoms with van der Waals surface area (Å²) in [5.41, 5.74) is 19.0. The predicted octanol–water partition coefficient (Wildman–Crippen LogP) is 22.2. The average molecular weight is 1850 g/mol. The molecule has 16 rings (SSSR count). The van der Waals surface area contributed by atoms with Gasteiger partial charge in [-0.3, -0.25) is 39.9 Å². The summed E-state index contributed by atoms with van der Waals surface area (Å²) < 4.78 is 197. The summed E-state index contributed by atoms with van der Waals surface area (Å²) in [6, 6.07) is 44.9. The molecule has 0 aliphatic rings. The summed E-state index contributed by atoms with van der Waals surface area (Å²) in [5.74, 6) is -1.11. The third-order valence-electron chi connectivity index (χ3n) is 18.3. The van der Waals surface area contributed by atoms with Crippen LogP contribution >= 0.6 is 0 Å². The highest BCUT2D eigenvalue weighted by Gasteiger charge is 2.34. The lowest BCUT2D eigenvalue weighted by atomic mass is 10.1. The van der Waals surface area contributed by atoms with Crippen molar-refractivity contribution in [1.82, 2.24) is 79.7 Å². The Kier molecular flexibility index (Phi) is 31.1. The zero-order valence-electron chi connectivity index (χ0n) is 70.2. The van der Waals surface area contributed by atoms with Gasteiger partial charge in [-0.2, -0.15) is 73.1 Å². The lowest BCUT2D eigenvalue weighted by Gasteiger charge is -2.10. The Balaban J connectivity index is 0.000000152. The fraction of sp³-hybridized carbons (Fsp3) is 0.0870. The molecule has 8 N–H and O–H groups in total. The average Bonchev–Trinajstić information content (AvgIpc) is 0.813. The van der Waals surface area contributed by atoms with Crippen LogP contribution in [0.5, 0.6) is 0 Å². The topological polar surface area (TPSA) is 352 Å². The zero-order chi connectivity index (χ0) is 95.5. The van der Waals surface area contributed by atoms with E-state index >= 15 is 0 Å². The van der Waals surface area contributed by atoms with Crippen LogP contribution in [0.15, 0.2) is 301 Å². The van der Waals surface area contributed by atoms with Crippen LogP contribution in [0.1, 0.15) is 68.8 Å². The lowest BCUT2D eigenvalue weighted by Crippen LogP contribution is -2.05. The molecule has 0 fully saturated rings. The van der Waals surface area contributed by atoms with Crippen molar-refractivity contribution in [2.24, 2.45) is 20.4 Å². The third-order valence-corrected chi connectivity index (χ3v) is 18.3. The first-order valence-electron chi connectivity index (χ1n) is 39.7. The number of nitrogens with zero attached hydrogens (tertiary/aromatic N) is 20. The van der Waals surface area contributed by atoms with Gasteiger partial charge in [0, 0.05) is 100 Å². The van der Waals surface area contributed by atoms with E-state index in [2.05, 4.69) is 143 Å². The maximum absolute atomic E-state index is 14.3. The van der Waals surface area contributed by atoms with E-state index in [-0.39, 0.29) is 52.0 Å². The molecule has 0 saturated carbocycles. The second kappa shape index (κ2) is 44.2. The van der Waals surface area contributed by atoms with E-state index in [9.17, 15) is 65.9 Å². The van der Waals surface area contributed by atoms with Gasteiger partial charge in [0.05, 0.1) is 142 Å². The first kappa shape index (κ1) is 95.0. The van der Waals surface area contributed by atoms with Crippen LogP contribution in [-0.4, -0.2) is 105 Å². The Hall–Kier alpha value is -17.6. The van der Waals surface area contributed by atoms with Crippen molar-refractivity contribution < 1.29 is 65.9 Å². The molecule has 135 heavy (non-hydrogen) atoms. The minimum atomic E-state index is -4.42. The van der Waals surface area contributed by atoms with E-state index in [1.165, 1.54) is 105 Å². The number of halogens is 15. The second-order valence-electron chi connectivity index (χ2n) is 28.1. The number of aryl methyl sites for hydroxylation is 3. The first-order valence-corrected chi connectivity index (χ1v) is 39.7. The molecule has 12 aromatic heterocycles. The Bertz CT molecular complexity index is 6810. The summed E-state index contributed by atoms with van der Waals surface area (Å²) >= 11 is 0. The fourth-order valence-corrected chi connectivity index (χ4v) is 11.9. The molecule has 0 spiro atoms. The zero-order valence-corrected chi connectivity index (χ0v) is 70.2. The van der Waals surface area contributed by atoms with Crippen molar-refractivity contribution in [3.05, 3.63) is 360 Å². The van der Waals surface area contributed by atoms with Gasteiger partial charge in [-0.05, 0) is 195 Å². The molecule has 28 nitrogen and oxygen atoms in total. The predicted molar refractivity (Wildman–Crippen MR) is 480 cm³/mol. The largest absolute Gasteiger partial charge is 0.416 e. The van der Waals surface area contributed by atoms with Crippen LogP contribution in [0.25, 0.3) is 45.0 Å². The highest BCUT2D eigenvalue weighted by Crippen LogP contribution is 2.37. The molecule has 0 bridgehead atoms. The maximum atomic E-state index is 14.3. The van der Waals surface area contributed by atoms with Gasteiger partial charge in [-0.25, -0.2) is 74.7 Å². The summed E-state index contributed by atoms with van der Waals surface area (Å²) in [4.78, 5) is 65.6. The molecular weight excluding hydrogens is 1780 g/mol. The van der Waals surface area contributed by atoms with Crippen LogP contribution in [0.2, 0.25) is 0 Å². The van der Waals surface area contributed by atoms with Gasteiger partial charge in [0.25, 0.3) is 0 Å². The van der Waals surface area contributed by atoms with Crippen molar-refractivity contribution in [2.45, 2.75) is 51.9 Å². The number of alkyl halides is 12. The molecule has 0 aliphatic carbocycles. The second-order valence-corrected chi connectivity index (χ2v) is 28.1. The number of rotatable bonds is 25. The van der Waals surface area contributed by atoms with Gasteiger partial charge in [-0.15, -0.1) is 0 Å². The standard InChI is InChI=1S/C24H19F4N7.C23H17F4N7.C23H18F3N7.C22H15F4N7/c1-2-15-11-29-9-8-20(15)22-21(25)14-31-23(34-22)35-32-13-18-6-7-19(12-30-18)33-17-5-3-4-16(10-17)24(26,27)28;1-14-10-28-8-7-19(14)21-20(24)13-30-22(33-21)34-31-12-17-5-6-18(11-29-17)32-16-4-2-3-15(9-16)23(25,26)27;1-15-11-21(16-7-9-27-10-8-16)32-22(30-15)33-29-14-19-5-6-20(13-28-19)31-18-4-2-3-17(12-18)23(24,25)26;23-19-13-29-21(32-20(19)14-6-8-27-9-7-14)33-30-12-17-4-5-18(11-28-17)31-16-3-1-2-15(10-16)22(24,25)26/h3-14,33H,2H2,1H3,(H,31,34,35);2-13,32H,1H3,(H,30,33,34);2-14,31H,1H3,(H,30,32,33);1-13,31H,(H,29,32,33)/b32-13+;31-12+;29-14+;30-12+. The number of hydrogen-bond donors (Lipinski definition) is 8. The Morgan fingerprint density at radius 1 is 0.296 bits per heavy atom. The van der Waals surface area contributed by atoms with Gasteiger partial charge < -0.3 is 21.3 Å². The van der Waals surface area contributed by atoms with Crippen molar-refractivity contribution in [3.8, 4) is 45.0 Å². The van der Waals surface area contributed by atoms with E-state index in [1.54, 1.807) is 123 Å². The fourth-order valence-electron chi connectivity index (χ4n) is 11.9. The third kappa shape index (κ3) is 28.0. The quantitative estimate of drug-likeness (QED) is 0.0150. The van der Waals surface area contributed by atoms with E-state index in [4.69, 9.17) is 0 Å². The molecule has 43 heteroatoms. The van der Waals surface area contributed by atoms with Gasteiger partial charge in [0.2, 0.25) is 23.8 Å². The van der Waals surface area contributed by atoms with Gasteiger partial charge >= 0.3 is 24.7 Å². The molecular formula is C92H69F15N28. The minimum Gasteiger partial charge on any atom is -0.354 e. The Morgan fingerprint density at radius 3 is 0.970 bits per heavy atom. The monoisotopic (exact) mass is 1850 g/mol. The molecule has 0 aliphatic heterocycles. The highest BCUT2D eigenvalue weighted by molar-refractivity contribution is 5.81. The number of anilines is 12. The van der Waals surface area contributed by atoms with Crippen LogP contribution in [-0.2, 0) is 31.1 Å². The van der Waals surface area contributed by atoms with Crippen molar-refractivity contribution in [2.75, 3.05) is 43.0 Å². The Labute approximate surface area is 757 Å². The normalized spacial score (nSPS) is 11.5. The molecule has 0 amide bonds. The molecule has 4 aromatic carbocycles. The number of hydrogen-bond acceptors (Lipinski definition) is 28. The summed E-state index contributed by atoms with van der Waals surface area (Å²) in [5, 5.41) is 27.7. The first-order chi connectivity index (χ1) is 64.9. The van der Waals surface area contributed by atoms with Crippen molar-refractivity contribution >= 4 is 94.2 Å². The van der Waals surface area contributed by atoms with Crippen LogP contribution in [0, 0.1) is 31.3 Å². The number of nitrogens with one attached hydrogen (secondary N) is 8. The van der Waals surface area contributed by atoms with E-state index in [1.807, 2.05) is 32.0 Å². The number of hydrazone groups is 4.